The Morgan fingerprint density at radius 3 is 2.30 bits per heavy atom. The van der Waals surface area contributed by atoms with Crippen LogP contribution in [-0.4, -0.2) is 109 Å². The van der Waals surface area contributed by atoms with Gasteiger partial charge >= 0.3 is 18.0 Å². The van der Waals surface area contributed by atoms with Gasteiger partial charge < -0.3 is 50.2 Å². The molecule has 0 unspecified atom stereocenters. The molecule has 1 aromatic carbocycles. The minimum Gasteiger partial charge on any atom is -0.465 e. The minimum atomic E-state index is -2.31. The van der Waals surface area contributed by atoms with E-state index in [1.54, 1.807) is 29.6 Å². The monoisotopic (exact) mass is 715 g/mol. The number of hydrogen-bond donors (Lipinski definition) is 7. The summed E-state index contributed by atoms with van der Waals surface area (Å²) in [4.78, 5) is 53.8. The lowest BCUT2D eigenvalue weighted by molar-refractivity contribution is -0.343. The number of carbonyl (C=O) groups is 4. The number of ketones is 1. The molecule has 2 heterocycles. The van der Waals surface area contributed by atoms with Crippen molar-refractivity contribution in [3.8, 4) is 0 Å². The SMILES string of the molecule is CC1=C2[C@@H](O)C(=O)[C@@]3(C)[C@H]([C@H](OC(=O)c4ccccc4)[C@](O)(C[C@@H]1OC(=O)[C@H](O)[C@@H](NC(=O)O)c1cccs1)C2(C)C)[C@]1(O)CO[C@@H]1C[C@@H]3O. The standard InChI is InChI=1S/C35H41NO13S/c1-16-18(48-30(42)25(39)23(36-31(43)44)19-11-8-12-50-19)14-35(46)28(49-29(41)17-9-6-5-7-10-17)26-33(4,20(37)13-21-34(26,45)15-47-21)27(40)24(38)22(16)32(35,2)3/h5-12,18,20-21,23-26,28,36-39,45-46H,13-15H2,1-4H3,(H,43,44)/t18-,20-,21+,23-,24+,25+,26-,28-,33+,34-,35+/m0/s1. The normalized spacial score (nSPS) is 37.1. The van der Waals surface area contributed by atoms with Gasteiger partial charge in [0.1, 0.15) is 35.6 Å². The van der Waals surface area contributed by atoms with Crippen LogP contribution in [0.2, 0.25) is 0 Å². The van der Waals surface area contributed by atoms with Gasteiger partial charge in [0.05, 0.1) is 29.8 Å². The summed E-state index contributed by atoms with van der Waals surface area (Å²) < 4.78 is 17.5. The van der Waals surface area contributed by atoms with Crippen molar-refractivity contribution < 1.29 is 64.0 Å². The Balaban J connectivity index is 1.49. The zero-order valence-corrected chi connectivity index (χ0v) is 28.6. The van der Waals surface area contributed by atoms with E-state index in [1.807, 2.05) is 0 Å². The van der Waals surface area contributed by atoms with E-state index in [-0.39, 0.29) is 29.7 Å². The highest BCUT2D eigenvalue weighted by Gasteiger charge is 2.76. The van der Waals surface area contributed by atoms with Gasteiger partial charge in [-0.3, -0.25) is 4.79 Å². The highest BCUT2D eigenvalue weighted by molar-refractivity contribution is 7.10. The van der Waals surface area contributed by atoms with E-state index in [2.05, 4.69) is 5.32 Å². The molecule has 3 fully saturated rings. The number of benzene rings is 1. The number of thiophene rings is 1. The van der Waals surface area contributed by atoms with Crippen molar-refractivity contribution in [2.45, 2.75) is 94.4 Å². The Bertz CT molecular complexity index is 1710. The minimum absolute atomic E-state index is 0.0615. The predicted molar refractivity (Wildman–Crippen MR) is 174 cm³/mol. The van der Waals surface area contributed by atoms with Gasteiger partial charge in [-0.2, -0.15) is 0 Å². The number of fused-ring (bicyclic) bond motifs is 5. The fraction of sp³-hybridized carbons (Fsp3) is 0.543. The molecule has 50 heavy (non-hydrogen) atoms. The third kappa shape index (κ3) is 5.29. The number of nitrogens with one attached hydrogen (secondary N) is 1. The number of carboxylic acid groups (broad SMARTS) is 1. The van der Waals surface area contributed by atoms with Crippen molar-refractivity contribution >= 4 is 35.2 Å². The van der Waals surface area contributed by atoms with Gasteiger partial charge in [0.15, 0.2) is 11.9 Å². The summed E-state index contributed by atoms with van der Waals surface area (Å²) in [6.07, 6.45) is -11.9. The molecule has 7 N–H and O–H groups in total. The summed E-state index contributed by atoms with van der Waals surface area (Å²) in [5, 5.41) is 72.9. The molecule has 0 spiro atoms. The molecule has 1 saturated heterocycles. The molecule has 3 aliphatic carbocycles. The highest BCUT2D eigenvalue weighted by Crippen LogP contribution is 2.63. The highest BCUT2D eigenvalue weighted by atomic mass is 32.1. The molecular formula is C35H41NO13S. The van der Waals surface area contributed by atoms with E-state index >= 15 is 0 Å². The molecule has 270 valence electrons. The predicted octanol–water partition coefficient (Wildman–Crippen LogP) is 1.49. The zero-order chi connectivity index (χ0) is 36.6. The summed E-state index contributed by atoms with van der Waals surface area (Å²) in [6, 6.07) is 9.54. The number of ether oxygens (including phenoxy) is 3. The Kier molecular flexibility index (Phi) is 9.03. The van der Waals surface area contributed by atoms with Crippen LogP contribution in [0.3, 0.4) is 0 Å². The maximum absolute atomic E-state index is 14.6. The molecular weight excluding hydrogens is 674 g/mol. The molecule has 1 amide bonds. The van der Waals surface area contributed by atoms with Gasteiger partial charge in [-0.25, -0.2) is 14.4 Å². The van der Waals surface area contributed by atoms with Crippen molar-refractivity contribution in [1.82, 2.24) is 5.32 Å². The van der Waals surface area contributed by atoms with Crippen LogP contribution in [0.25, 0.3) is 0 Å². The summed E-state index contributed by atoms with van der Waals surface area (Å²) in [7, 11) is 0. The first-order chi connectivity index (χ1) is 23.4. The van der Waals surface area contributed by atoms with Crippen LogP contribution in [0.15, 0.2) is 59.0 Å². The molecule has 1 aliphatic heterocycles. The van der Waals surface area contributed by atoms with Crippen LogP contribution in [-0.2, 0) is 23.8 Å². The van der Waals surface area contributed by atoms with Crippen molar-refractivity contribution in [3.05, 3.63) is 69.4 Å². The molecule has 11 atom stereocenters. The van der Waals surface area contributed by atoms with Gasteiger partial charge in [-0.1, -0.05) is 38.1 Å². The Labute approximate surface area is 291 Å². The lowest BCUT2D eigenvalue weighted by atomic mass is 9.44. The van der Waals surface area contributed by atoms with E-state index in [4.69, 9.17) is 14.2 Å². The second-order valence-corrected chi connectivity index (χ2v) is 15.4. The van der Waals surface area contributed by atoms with Crippen LogP contribution < -0.4 is 5.32 Å². The summed E-state index contributed by atoms with van der Waals surface area (Å²) in [6.45, 7) is 5.59. The van der Waals surface area contributed by atoms with E-state index in [9.17, 15) is 49.8 Å². The second kappa shape index (κ2) is 12.5. The quantitative estimate of drug-likeness (QED) is 0.159. The van der Waals surface area contributed by atoms with Crippen LogP contribution >= 0.6 is 11.3 Å². The van der Waals surface area contributed by atoms with Crippen molar-refractivity contribution in [2.24, 2.45) is 16.7 Å². The topological polar surface area (TPSA) is 229 Å². The average molecular weight is 716 g/mol. The second-order valence-electron chi connectivity index (χ2n) is 14.4. The summed E-state index contributed by atoms with van der Waals surface area (Å²) >= 11 is 1.09. The first-order valence-corrected chi connectivity index (χ1v) is 17.1. The third-order valence-corrected chi connectivity index (χ3v) is 12.5. The number of hydrogen-bond acceptors (Lipinski definition) is 13. The summed E-state index contributed by atoms with van der Waals surface area (Å²) in [5.74, 6) is -4.62. The first-order valence-electron chi connectivity index (χ1n) is 16.2. The molecule has 2 bridgehead atoms. The van der Waals surface area contributed by atoms with Crippen molar-refractivity contribution in [3.63, 3.8) is 0 Å². The lowest BCUT2D eigenvalue weighted by Gasteiger charge is -2.66. The number of esters is 2. The van der Waals surface area contributed by atoms with Crippen LogP contribution in [0.1, 0.15) is 61.8 Å². The largest absolute Gasteiger partial charge is 0.465 e. The Hall–Kier alpha value is -3.70. The molecule has 15 heteroatoms. The third-order valence-electron chi connectivity index (χ3n) is 11.6. The average Bonchev–Trinajstić information content (AvgIpc) is 3.60. The maximum Gasteiger partial charge on any atom is 0.405 e. The Morgan fingerprint density at radius 2 is 1.72 bits per heavy atom. The molecule has 0 radical (unpaired) electrons. The fourth-order valence-electron chi connectivity index (χ4n) is 8.63. The van der Waals surface area contributed by atoms with E-state index < -0.39 is 101 Å². The van der Waals surface area contributed by atoms with Gasteiger partial charge in [0, 0.05) is 29.1 Å². The van der Waals surface area contributed by atoms with Crippen LogP contribution in [0, 0.1) is 16.7 Å². The Morgan fingerprint density at radius 1 is 1.04 bits per heavy atom. The number of rotatable bonds is 7. The van der Waals surface area contributed by atoms with Gasteiger partial charge in [-0.15, -0.1) is 11.3 Å². The van der Waals surface area contributed by atoms with Gasteiger partial charge in [-0.05, 0) is 48.6 Å². The zero-order valence-electron chi connectivity index (χ0n) is 27.8. The number of Topliss-reactive ketones (excluding diaryl/α,β-unsaturated/α-hetero) is 1. The van der Waals surface area contributed by atoms with E-state index in [0.717, 1.165) is 11.3 Å². The lowest BCUT2D eigenvalue weighted by Crippen LogP contribution is -2.81. The smallest absolute Gasteiger partial charge is 0.405 e. The van der Waals surface area contributed by atoms with Gasteiger partial charge in [0.2, 0.25) is 0 Å². The van der Waals surface area contributed by atoms with Gasteiger partial charge in [0.25, 0.3) is 0 Å². The first kappa shape index (κ1) is 36.1. The fourth-order valence-corrected chi connectivity index (χ4v) is 9.44. The van der Waals surface area contributed by atoms with Crippen LogP contribution in [0.5, 0.6) is 0 Å². The molecule has 14 nitrogen and oxygen atoms in total. The maximum atomic E-state index is 14.6. The molecule has 6 rings (SSSR count). The molecule has 4 aliphatic rings. The number of aliphatic hydroxyl groups excluding tert-OH is 3. The number of aliphatic hydroxyl groups is 5. The van der Waals surface area contributed by atoms with E-state index in [0.29, 0.717) is 4.88 Å². The number of carbonyl (C=O) groups excluding carboxylic acids is 3. The van der Waals surface area contributed by atoms with Crippen molar-refractivity contribution in [1.29, 1.82) is 0 Å². The van der Waals surface area contributed by atoms with Crippen LogP contribution in [0.4, 0.5) is 4.79 Å². The number of amides is 1. The molecule has 2 aromatic rings. The van der Waals surface area contributed by atoms with E-state index in [1.165, 1.54) is 45.9 Å². The molecule has 1 aromatic heterocycles. The molecule has 2 saturated carbocycles. The van der Waals surface area contributed by atoms with Crippen molar-refractivity contribution in [2.75, 3.05) is 6.61 Å². The summed E-state index contributed by atoms with van der Waals surface area (Å²) in [5.41, 5.74) is -7.59.